The molecule has 0 aromatic carbocycles. The van der Waals surface area contributed by atoms with Crippen LogP contribution in [0.1, 0.15) is 35.2 Å². The van der Waals surface area contributed by atoms with E-state index in [-0.39, 0.29) is 0 Å². The van der Waals surface area contributed by atoms with Crippen molar-refractivity contribution in [2.24, 2.45) is 10.9 Å². The van der Waals surface area contributed by atoms with Crippen LogP contribution >= 0.6 is 11.3 Å². The number of hydrogen-bond acceptors (Lipinski definition) is 4. The van der Waals surface area contributed by atoms with Gasteiger partial charge in [0.05, 0.1) is 5.01 Å². The van der Waals surface area contributed by atoms with Crippen molar-refractivity contribution in [1.29, 1.82) is 0 Å². The molecule has 2 N–H and O–H groups in total. The van der Waals surface area contributed by atoms with Gasteiger partial charge in [0.1, 0.15) is 0 Å². The van der Waals surface area contributed by atoms with Crippen LogP contribution in [-0.4, -0.2) is 36.1 Å². The lowest BCUT2D eigenvalue weighted by atomic mass is 9.89. The van der Waals surface area contributed by atoms with Crippen LogP contribution in [0.4, 0.5) is 0 Å². The third-order valence-corrected chi connectivity index (χ3v) is 4.90. The van der Waals surface area contributed by atoms with Crippen molar-refractivity contribution in [3.05, 3.63) is 46.2 Å². The number of pyridine rings is 1. The van der Waals surface area contributed by atoms with Crippen LogP contribution in [0, 0.1) is 12.8 Å². The molecule has 5 nitrogen and oxygen atoms in total. The SMILES string of the molecule is CN=C(NCCc1ncc(C)s1)NCC(c1cccnc1)C(C)C. The summed E-state index contributed by atoms with van der Waals surface area (Å²) in [6.45, 7) is 8.21. The monoisotopic (exact) mass is 345 g/mol. The smallest absolute Gasteiger partial charge is 0.191 e. The number of rotatable bonds is 7. The molecule has 2 aromatic heterocycles. The minimum Gasteiger partial charge on any atom is -0.356 e. The lowest BCUT2D eigenvalue weighted by molar-refractivity contribution is 0.487. The van der Waals surface area contributed by atoms with Crippen molar-refractivity contribution >= 4 is 17.3 Å². The zero-order valence-electron chi connectivity index (χ0n) is 14.9. The second-order valence-electron chi connectivity index (χ2n) is 6.13. The number of nitrogens with one attached hydrogen (secondary N) is 2. The molecule has 0 fully saturated rings. The number of thiazole rings is 1. The molecule has 0 amide bonds. The van der Waals surface area contributed by atoms with E-state index < -0.39 is 0 Å². The van der Waals surface area contributed by atoms with Gasteiger partial charge >= 0.3 is 0 Å². The van der Waals surface area contributed by atoms with Gasteiger partial charge in [-0.3, -0.25) is 9.98 Å². The van der Waals surface area contributed by atoms with Crippen LogP contribution in [0.15, 0.2) is 35.7 Å². The maximum atomic E-state index is 4.39. The van der Waals surface area contributed by atoms with Gasteiger partial charge < -0.3 is 10.6 Å². The van der Waals surface area contributed by atoms with Gasteiger partial charge in [-0.25, -0.2) is 4.98 Å². The van der Waals surface area contributed by atoms with Gasteiger partial charge in [0, 0.05) is 55.9 Å². The van der Waals surface area contributed by atoms with E-state index in [0.29, 0.717) is 11.8 Å². The molecule has 0 saturated carbocycles. The minimum absolute atomic E-state index is 0.402. The molecule has 0 aliphatic rings. The fraction of sp³-hybridized carbons (Fsp3) is 0.500. The van der Waals surface area contributed by atoms with Gasteiger partial charge in [-0.05, 0) is 24.5 Å². The summed E-state index contributed by atoms with van der Waals surface area (Å²) in [4.78, 5) is 14.2. The molecule has 1 unspecified atom stereocenters. The summed E-state index contributed by atoms with van der Waals surface area (Å²) in [5.74, 6) is 1.76. The Balaban J connectivity index is 1.83. The molecule has 0 bridgehead atoms. The molecule has 0 radical (unpaired) electrons. The summed E-state index contributed by atoms with van der Waals surface area (Å²) < 4.78 is 0. The summed E-state index contributed by atoms with van der Waals surface area (Å²) in [5.41, 5.74) is 1.26. The van der Waals surface area contributed by atoms with E-state index in [1.54, 1.807) is 18.4 Å². The van der Waals surface area contributed by atoms with Crippen LogP contribution in [0.25, 0.3) is 0 Å². The van der Waals surface area contributed by atoms with Gasteiger partial charge in [0.2, 0.25) is 0 Å². The largest absolute Gasteiger partial charge is 0.356 e. The summed E-state index contributed by atoms with van der Waals surface area (Å²) in [5, 5.41) is 7.96. The van der Waals surface area contributed by atoms with Crippen LogP contribution < -0.4 is 10.6 Å². The second-order valence-corrected chi connectivity index (χ2v) is 7.45. The van der Waals surface area contributed by atoms with Crippen molar-refractivity contribution in [2.45, 2.75) is 33.1 Å². The first-order chi connectivity index (χ1) is 11.6. The van der Waals surface area contributed by atoms with E-state index in [4.69, 9.17) is 0 Å². The number of guanidine groups is 1. The normalized spacial score (nSPS) is 13.1. The molecule has 0 spiro atoms. The van der Waals surface area contributed by atoms with E-state index in [0.717, 1.165) is 30.5 Å². The predicted molar refractivity (Wildman–Crippen MR) is 102 cm³/mol. The molecule has 24 heavy (non-hydrogen) atoms. The Hall–Kier alpha value is -1.95. The van der Waals surface area contributed by atoms with Crippen molar-refractivity contribution in [1.82, 2.24) is 20.6 Å². The van der Waals surface area contributed by atoms with E-state index in [9.17, 15) is 0 Å². The highest BCUT2D eigenvalue weighted by molar-refractivity contribution is 7.11. The fourth-order valence-electron chi connectivity index (χ4n) is 2.57. The highest BCUT2D eigenvalue weighted by Crippen LogP contribution is 2.22. The Morgan fingerprint density at radius 2 is 2.12 bits per heavy atom. The Kier molecular flexibility index (Phi) is 7.18. The first kappa shape index (κ1) is 18.4. The molecule has 2 heterocycles. The molecular formula is C18H27N5S. The molecule has 130 valence electrons. The van der Waals surface area contributed by atoms with E-state index in [1.807, 2.05) is 24.7 Å². The average Bonchev–Trinajstić information content (AvgIpc) is 2.99. The van der Waals surface area contributed by atoms with E-state index in [2.05, 4.69) is 52.4 Å². The Bertz CT molecular complexity index is 636. The number of aryl methyl sites for hydroxylation is 1. The number of nitrogens with zero attached hydrogens (tertiary/aromatic N) is 3. The minimum atomic E-state index is 0.402. The summed E-state index contributed by atoms with van der Waals surface area (Å²) >= 11 is 1.75. The first-order valence-electron chi connectivity index (χ1n) is 8.36. The first-order valence-corrected chi connectivity index (χ1v) is 9.17. The van der Waals surface area contributed by atoms with Crippen LogP contribution in [-0.2, 0) is 6.42 Å². The van der Waals surface area contributed by atoms with Crippen LogP contribution in [0.2, 0.25) is 0 Å². The fourth-order valence-corrected chi connectivity index (χ4v) is 3.35. The van der Waals surface area contributed by atoms with Crippen molar-refractivity contribution in [2.75, 3.05) is 20.1 Å². The maximum absolute atomic E-state index is 4.39. The van der Waals surface area contributed by atoms with Gasteiger partial charge in [0.15, 0.2) is 5.96 Å². The van der Waals surface area contributed by atoms with E-state index in [1.165, 1.54) is 10.4 Å². The zero-order chi connectivity index (χ0) is 17.4. The Labute approximate surface area is 148 Å². The van der Waals surface area contributed by atoms with Gasteiger partial charge in [0.25, 0.3) is 0 Å². The van der Waals surface area contributed by atoms with Crippen molar-refractivity contribution in [3.8, 4) is 0 Å². The lowest BCUT2D eigenvalue weighted by Gasteiger charge is -2.22. The molecule has 1 atom stereocenters. The zero-order valence-corrected chi connectivity index (χ0v) is 15.7. The van der Waals surface area contributed by atoms with Crippen molar-refractivity contribution in [3.63, 3.8) is 0 Å². The summed E-state index contributed by atoms with van der Waals surface area (Å²) in [7, 11) is 1.80. The molecule has 2 rings (SSSR count). The van der Waals surface area contributed by atoms with Gasteiger partial charge in [-0.2, -0.15) is 0 Å². The molecule has 2 aromatic rings. The quantitative estimate of drug-likeness (QED) is 0.598. The highest BCUT2D eigenvalue weighted by atomic mass is 32.1. The molecule has 0 aliphatic carbocycles. The van der Waals surface area contributed by atoms with Gasteiger partial charge in [-0.15, -0.1) is 11.3 Å². The Morgan fingerprint density at radius 3 is 2.71 bits per heavy atom. The van der Waals surface area contributed by atoms with Crippen molar-refractivity contribution < 1.29 is 0 Å². The predicted octanol–water partition coefficient (Wildman–Crippen LogP) is 2.99. The average molecular weight is 346 g/mol. The van der Waals surface area contributed by atoms with Gasteiger partial charge in [-0.1, -0.05) is 19.9 Å². The lowest BCUT2D eigenvalue weighted by Crippen LogP contribution is -2.40. The van der Waals surface area contributed by atoms with E-state index >= 15 is 0 Å². The second kappa shape index (κ2) is 9.37. The highest BCUT2D eigenvalue weighted by Gasteiger charge is 2.16. The van der Waals surface area contributed by atoms with Crippen LogP contribution in [0.5, 0.6) is 0 Å². The third-order valence-electron chi connectivity index (χ3n) is 3.93. The molecule has 0 aliphatic heterocycles. The molecular weight excluding hydrogens is 318 g/mol. The molecule has 0 saturated heterocycles. The summed E-state index contributed by atoms with van der Waals surface area (Å²) in [6, 6.07) is 4.13. The topological polar surface area (TPSA) is 62.2 Å². The summed E-state index contributed by atoms with van der Waals surface area (Å²) in [6.07, 6.45) is 6.60. The van der Waals surface area contributed by atoms with Crippen LogP contribution in [0.3, 0.4) is 0 Å². The number of aromatic nitrogens is 2. The number of aliphatic imine (C=N–C) groups is 1. The third kappa shape index (κ3) is 5.60. The maximum Gasteiger partial charge on any atom is 0.191 e. The Morgan fingerprint density at radius 1 is 1.29 bits per heavy atom. The standard InChI is InChI=1S/C18H27N5S/c1-13(2)16(15-6-5-8-20-11-15)12-23-18(19-4)21-9-7-17-22-10-14(3)24-17/h5-6,8,10-11,13,16H,7,9,12H2,1-4H3,(H2,19,21,23). The number of hydrogen-bond donors (Lipinski definition) is 2. The molecule has 6 heteroatoms.